The van der Waals surface area contributed by atoms with Crippen LogP contribution in [-0.2, 0) is 20.8 Å². The minimum atomic E-state index is -0.838. The van der Waals surface area contributed by atoms with Crippen LogP contribution in [0.3, 0.4) is 0 Å². The van der Waals surface area contributed by atoms with E-state index in [1.807, 2.05) is 51.1 Å². The van der Waals surface area contributed by atoms with Crippen LogP contribution in [0.2, 0.25) is 0 Å². The summed E-state index contributed by atoms with van der Waals surface area (Å²) in [5, 5.41) is 18.9. The molecule has 0 aliphatic carbocycles. The second kappa shape index (κ2) is 13.1. The van der Waals surface area contributed by atoms with E-state index in [1.54, 1.807) is 11.8 Å². The Hall–Kier alpha value is -3.14. The van der Waals surface area contributed by atoms with E-state index in [2.05, 4.69) is 16.0 Å². The first-order chi connectivity index (χ1) is 16.5. The van der Waals surface area contributed by atoms with Crippen LogP contribution in [0.25, 0.3) is 0 Å². The highest BCUT2D eigenvalue weighted by Crippen LogP contribution is 2.23. The molecule has 0 aromatic heterocycles. The van der Waals surface area contributed by atoms with Gasteiger partial charge in [-0.3, -0.25) is 19.6 Å². The minimum absolute atomic E-state index is 0.156. The topological polar surface area (TPSA) is 131 Å². The van der Waals surface area contributed by atoms with Crippen molar-refractivity contribution in [3.8, 4) is 0 Å². The minimum Gasteiger partial charge on any atom is -0.353 e. The van der Waals surface area contributed by atoms with E-state index in [0.29, 0.717) is 37.5 Å². The fraction of sp³-hybridized carbons (Fsp3) is 0.600. The lowest BCUT2D eigenvalue weighted by Crippen LogP contribution is -2.57. The molecule has 3 unspecified atom stereocenters. The summed E-state index contributed by atoms with van der Waals surface area (Å²) in [4.78, 5) is 50.8. The fourth-order valence-corrected chi connectivity index (χ4v) is 4.11. The summed E-state index contributed by atoms with van der Waals surface area (Å²) < 4.78 is 0. The molecule has 0 spiro atoms. The van der Waals surface area contributed by atoms with Crippen molar-refractivity contribution in [2.75, 3.05) is 26.2 Å². The third-order valence-corrected chi connectivity index (χ3v) is 6.31. The molecule has 10 heteroatoms. The summed E-state index contributed by atoms with van der Waals surface area (Å²) in [5.74, 6) is -1.46. The number of aryl methyl sites for hydroxylation is 1. The van der Waals surface area contributed by atoms with Crippen molar-refractivity contribution in [1.82, 2.24) is 25.9 Å². The van der Waals surface area contributed by atoms with Gasteiger partial charge in [-0.05, 0) is 37.2 Å². The zero-order valence-corrected chi connectivity index (χ0v) is 21.1. The zero-order chi connectivity index (χ0) is 26.0. The van der Waals surface area contributed by atoms with E-state index in [9.17, 15) is 24.4 Å². The second-order valence-corrected chi connectivity index (χ2v) is 10.0. The van der Waals surface area contributed by atoms with Crippen molar-refractivity contribution in [3.63, 3.8) is 0 Å². The third-order valence-electron chi connectivity index (χ3n) is 6.31. The number of benzene rings is 1. The van der Waals surface area contributed by atoms with E-state index in [4.69, 9.17) is 0 Å². The zero-order valence-electron chi connectivity index (χ0n) is 21.1. The molecule has 10 nitrogen and oxygen atoms in total. The van der Waals surface area contributed by atoms with E-state index in [-0.39, 0.29) is 24.9 Å². The van der Waals surface area contributed by atoms with Gasteiger partial charge in [-0.1, -0.05) is 51.1 Å². The molecule has 0 radical (unpaired) electrons. The van der Waals surface area contributed by atoms with Crippen molar-refractivity contribution < 1.29 is 24.4 Å². The van der Waals surface area contributed by atoms with Crippen LogP contribution in [-0.4, -0.2) is 77.7 Å². The van der Waals surface area contributed by atoms with Gasteiger partial charge in [0.05, 0.1) is 12.0 Å². The van der Waals surface area contributed by atoms with Gasteiger partial charge in [0.15, 0.2) is 0 Å². The molecule has 2 rings (SSSR count). The smallest absolute Gasteiger partial charge is 0.317 e. The summed E-state index contributed by atoms with van der Waals surface area (Å²) >= 11 is 0. The summed E-state index contributed by atoms with van der Waals surface area (Å²) in [7, 11) is 0. The number of urea groups is 1. The average Bonchev–Trinajstić information content (AvgIpc) is 3.23. The maximum atomic E-state index is 13.3. The SMILES string of the molecule is CC(C(CCCc1ccccc1)C(=O)NC(C(=O)NCCN1CCNC1=O)C(C)(C)C)N(O)C=O. The first kappa shape index (κ1) is 28.1. The molecule has 1 aromatic carbocycles. The van der Waals surface area contributed by atoms with E-state index < -0.39 is 29.3 Å². The van der Waals surface area contributed by atoms with Gasteiger partial charge in [-0.2, -0.15) is 0 Å². The largest absolute Gasteiger partial charge is 0.353 e. The lowest BCUT2D eigenvalue weighted by Gasteiger charge is -2.34. The monoisotopic (exact) mass is 489 g/mol. The average molecular weight is 490 g/mol. The summed E-state index contributed by atoms with van der Waals surface area (Å²) in [6.45, 7) is 8.97. The molecular formula is C25H39N5O5. The molecule has 1 heterocycles. The van der Waals surface area contributed by atoms with Crippen LogP contribution in [0.5, 0.6) is 0 Å². The van der Waals surface area contributed by atoms with E-state index in [0.717, 1.165) is 12.0 Å². The number of carbonyl (C=O) groups is 4. The molecule has 5 amide bonds. The number of rotatable bonds is 13. The van der Waals surface area contributed by atoms with Crippen LogP contribution in [0.1, 0.15) is 46.1 Å². The Balaban J connectivity index is 2.03. The summed E-state index contributed by atoms with van der Waals surface area (Å²) in [6.07, 6.45) is 2.13. The number of hydrogen-bond donors (Lipinski definition) is 4. The number of nitrogens with zero attached hydrogens (tertiary/aromatic N) is 2. The first-order valence-electron chi connectivity index (χ1n) is 12.1. The summed E-state index contributed by atoms with van der Waals surface area (Å²) in [5.41, 5.74) is 0.542. The number of amides is 5. The van der Waals surface area contributed by atoms with Crippen molar-refractivity contribution in [3.05, 3.63) is 35.9 Å². The van der Waals surface area contributed by atoms with Crippen molar-refractivity contribution in [2.24, 2.45) is 11.3 Å². The Labute approximate surface area is 207 Å². The molecule has 35 heavy (non-hydrogen) atoms. The van der Waals surface area contributed by atoms with Crippen LogP contribution in [0, 0.1) is 11.3 Å². The molecular weight excluding hydrogens is 450 g/mol. The molecule has 1 fully saturated rings. The van der Waals surface area contributed by atoms with Gasteiger partial charge in [0.25, 0.3) is 0 Å². The number of nitrogens with one attached hydrogen (secondary N) is 3. The lowest BCUT2D eigenvalue weighted by atomic mass is 9.84. The van der Waals surface area contributed by atoms with Gasteiger partial charge < -0.3 is 20.9 Å². The number of carbonyl (C=O) groups excluding carboxylic acids is 4. The highest BCUT2D eigenvalue weighted by Gasteiger charge is 2.36. The predicted molar refractivity (Wildman–Crippen MR) is 131 cm³/mol. The van der Waals surface area contributed by atoms with Gasteiger partial charge in [0, 0.05) is 26.2 Å². The molecule has 1 aliphatic rings. The first-order valence-corrected chi connectivity index (χ1v) is 12.1. The molecule has 1 aliphatic heterocycles. The molecule has 194 valence electrons. The lowest BCUT2D eigenvalue weighted by molar-refractivity contribution is -0.166. The molecule has 3 atom stereocenters. The van der Waals surface area contributed by atoms with Gasteiger partial charge in [-0.15, -0.1) is 0 Å². The van der Waals surface area contributed by atoms with Crippen LogP contribution in [0.4, 0.5) is 4.79 Å². The fourth-order valence-electron chi connectivity index (χ4n) is 4.11. The van der Waals surface area contributed by atoms with Crippen molar-refractivity contribution in [1.29, 1.82) is 0 Å². The van der Waals surface area contributed by atoms with Crippen molar-refractivity contribution >= 4 is 24.3 Å². The highest BCUT2D eigenvalue weighted by molar-refractivity contribution is 5.89. The maximum absolute atomic E-state index is 13.3. The Morgan fingerprint density at radius 3 is 2.49 bits per heavy atom. The van der Waals surface area contributed by atoms with Gasteiger partial charge >= 0.3 is 6.03 Å². The highest BCUT2D eigenvalue weighted by atomic mass is 16.5. The molecule has 0 bridgehead atoms. The van der Waals surface area contributed by atoms with Gasteiger partial charge in [-0.25, -0.2) is 9.86 Å². The Bertz CT molecular complexity index is 858. The predicted octanol–water partition coefficient (Wildman–Crippen LogP) is 1.53. The number of hydroxylamine groups is 2. The quantitative estimate of drug-likeness (QED) is 0.190. The maximum Gasteiger partial charge on any atom is 0.317 e. The van der Waals surface area contributed by atoms with Gasteiger partial charge in [0.2, 0.25) is 18.2 Å². The van der Waals surface area contributed by atoms with Crippen molar-refractivity contribution in [2.45, 2.75) is 59.0 Å². The van der Waals surface area contributed by atoms with Crippen LogP contribution >= 0.6 is 0 Å². The molecule has 1 aromatic rings. The Kier molecular flexibility index (Phi) is 10.5. The Morgan fingerprint density at radius 2 is 1.91 bits per heavy atom. The normalized spacial score (nSPS) is 16.1. The van der Waals surface area contributed by atoms with Gasteiger partial charge in [0.1, 0.15) is 6.04 Å². The standard InChI is InChI=1S/C25H39N5O5/c1-18(30(35)17-31)20(12-8-11-19-9-6-5-7-10-19)22(32)28-21(25(2,3)4)23(33)26-13-15-29-16-14-27-24(29)34/h5-7,9-10,17-18,20-21,35H,8,11-16H2,1-4H3,(H,26,33)(H,27,34)(H,28,32). The Morgan fingerprint density at radius 1 is 1.23 bits per heavy atom. The molecule has 1 saturated heterocycles. The molecule has 4 N–H and O–H groups in total. The van der Waals surface area contributed by atoms with Crippen LogP contribution in [0.15, 0.2) is 30.3 Å². The van der Waals surface area contributed by atoms with E-state index in [1.165, 1.54) is 0 Å². The third kappa shape index (κ3) is 8.54. The second-order valence-electron chi connectivity index (χ2n) is 10.0. The molecule has 0 saturated carbocycles. The summed E-state index contributed by atoms with van der Waals surface area (Å²) in [6, 6.07) is 8.10. The van der Waals surface area contributed by atoms with E-state index >= 15 is 0 Å². The number of hydrogen-bond acceptors (Lipinski definition) is 5. The van der Waals surface area contributed by atoms with Crippen LogP contribution < -0.4 is 16.0 Å².